The molecule has 104 valence electrons. The molecule has 1 aliphatic rings. The lowest BCUT2D eigenvalue weighted by molar-refractivity contribution is -0.139. The number of hydrogen-bond acceptors (Lipinski definition) is 1. The predicted molar refractivity (Wildman–Crippen MR) is 77.5 cm³/mol. The Morgan fingerprint density at radius 3 is 2.16 bits per heavy atom. The molecule has 1 aliphatic carbocycles. The van der Waals surface area contributed by atoms with E-state index in [0.717, 1.165) is 5.56 Å². The Hall–Kier alpha value is -1.31. The standard InChI is InChI=1S/C17H24O2/c1-12(2)16(17(18)19)15-10-8-14(9-11-15)13-6-4-3-5-7-13/h8-13,16H,3-7H2,1-2H3,(H,18,19). The summed E-state index contributed by atoms with van der Waals surface area (Å²) in [6.07, 6.45) is 6.59. The SMILES string of the molecule is CC(C)C(C(=O)O)c1ccc(C2CCCCC2)cc1. The van der Waals surface area contributed by atoms with Crippen LogP contribution in [0.2, 0.25) is 0 Å². The molecule has 1 unspecified atom stereocenters. The van der Waals surface area contributed by atoms with Crippen molar-refractivity contribution in [1.82, 2.24) is 0 Å². The van der Waals surface area contributed by atoms with E-state index in [1.807, 2.05) is 26.0 Å². The summed E-state index contributed by atoms with van der Waals surface area (Å²) in [4.78, 5) is 11.3. The van der Waals surface area contributed by atoms with Gasteiger partial charge in [-0.05, 0) is 35.8 Å². The van der Waals surface area contributed by atoms with Crippen molar-refractivity contribution in [2.24, 2.45) is 5.92 Å². The van der Waals surface area contributed by atoms with E-state index in [1.165, 1.54) is 37.7 Å². The van der Waals surface area contributed by atoms with Crippen molar-refractivity contribution in [3.63, 3.8) is 0 Å². The van der Waals surface area contributed by atoms with E-state index in [4.69, 9.17) is 0 Å². The number of hydrogen-bond donors (Lipinski definition) is 1. The number of carboxylic acid groups (broad SMARTS) is 1. The van der Waals surface area contributed by atoms with Gasteiger partial charge in [-0.15, -0.1) is 0 Å². The van der Waals surface area contributed by atoms with Crippen molar-refractivity contribution in [2.45, 2.75) is 57.8 Å². The van der Waals surface area contributed by atoms with Crippen LogP contribution in [0.1, 0.15) is 68.9 Å². The third kappa shape index (κ3) is 3.37. The van der Waals surface area contributed by atoms with Crippen LogP contribution in [0, 0.1) is 5.92 Å². The highest BCUT2D eigenvalue weighted by Crippen LogP contribution is 2.33. The normalized spacial score (nSPS) is 18.5. The van der Waals surface area contributed by atoms with Gasteiger partial charge in [0.1, 0.15) is 0 Å². The van der Waals surface area contributed by atoms with E-state index < -0.39 is 5.97 Å². The third-order valence-electron chi connectivity index (χ3n) is 4.30. The maximum absolute atomic E-state index is 11.3. The molecule has 0 saturated heterocycles. The second kappa shape index (κ2) is 6.23. The van der Waals surface area contributed by atoms with E-state index in [2.05, 4.69) is 12.1 Å². The first kappa shape index (κ1) is 14.1. The van der Waals surface area contributed by atoms with Crippen LogP contribution < -0.4 is 0 Å². The molecule has 1 N–H and O–H groups in total. The van der Waals surface area contributed by atoms with Gasteiger partial charge in [0, 0.05) is 0 Å². The van der Waals surface area contributed by atoms with Gasteiger partial charge in [-0.3, -0.25) is 4.79 Å². The van der Waals surface area contributed by atoms with E-state index in [-0.39, 0.29) is 11.8 Å². The fourth-order valence-electron chi connectivity index (χ4n) is 3.22. The summed E-state index contributed by atoms with van der Waals surface area (Å²) in [6, 6.07) is 8.32. The van der Waals surface area contributed by atoms with E-state index in [1.54, 1.807) is 0 Å². The summed E-state index contributed by atoms with van der Waals surface area (Å²) in [5, 5.41) is 9.32. The molecule has 2 heteroatoms. The molecule has 0 spiro atoms. The molecule has 1 fully saturated rings. The number of carbonyl (C=O) groups is 1. The molecule has 1 atom stereocenters. The molecule has 19 heavy (non-hydrogen) atoms. The minimum atomic E-state index is -0.722. The van der Waals surface area contributed by atoms with Gasteiger partial charge in [0.25, 0.3) is 0 Å². The van der Waals surface area contributed by atoms with Crippen LogP contribution in [0.25, 0.3) is 0 Å². The van der Waals surface area contributed by atoms with Gasteiger partial charge in [-0.1, -0.05) is 57.4 Å². The van der Waals surface area contributed by atoms with Crippen molar-refractivity contribution in [1.29, 1.82) is 0 Å². The number of benzene rings is 1. The van der Waals surface area contributed by atoms with E-state index >= 15 is 0 Å². The molecule has 1 saturated carbocycles. The lowest BCUT2D eigenvalue weighted by atomic mass is 9.82. The topological polar surface area (TPSA) is 37.3 Å². The van der Waals surface area contributed by atoms with Crippen molar-refractivity contribution in [3.05, 3.63) is 35.4 Å². The molecule has 0 radical (unpaired) electrons. The summed E-state index contributed by atoms with van der Waals surface area (Å²) in [7, 11) is 0. The monoisotopic (exact) mass is 260 g/mol. The molecule has 2 rings (SSSR count). The summed E-state index contributed by atoms with van der Waals surface area (Å²) in [5.41, 5.74) is 2.32. The van der Waals surface area contributed by atoms with Crippen LogP contribution in [-0.4, -0.2) is 11.1 Å². The average Bonchev–Trinajstić information content (AvgIpc) is 2.40. The summed E-state index contributed by atoms with van der Waals surface area (Å²) >= 11 is 0. The first-order chi connectivity index (χ1) is 9.09. The molecule has 1 aromatic rings. The zero-order valence-corrected chi connectivity index (χ0v) is 11.9. The van der Waals surface area contributed by atoms with Crippen molar-refractivity contribution in [3.8, 4) is 0 Å². The van der Waals surface area contributed by atoms with Crippen molar-refractivity contribution >= 4 is 5.97 Å². The average molecular weight is 260 g/mol. The van der Waals surface area contributed by atoms with Crippen LogP contribution >= 0.6 is 0 Å². The second-order valence-corrected chi connectivity index (χ2v) is 6.06. The first-order valence-corrected chi connectivity index (χ1v) is 7.42. The lowest BCUT2D eigenvalue weighted by Crippen LogP contribution is -2.17. The highest BCUT2D eigenvalue weighted by Gasteiger charge is 2.24. The van der Waals surface area contributed by atoms with Crippen LogP contribution in [-0.2, 0) is 4.79 Å². The van der Waals surface area contributed by atoms with Gasteiger partial charge in [0.2, 0.25) is 0 Å². The molecule has 0 amide bonds. The van der Waals surface area contributed by atoms with Crippen LogP contribution in [0.5, 0.6) is 0 Å². The van der Waals surface area contributed by atoms with Crippen molar-refractivity contribution in [2.75, 3.05) is 0 Å². The molecular weight excluding hydrogens is 236 g/mol. The van der Waals surface area contributed by atoms with E-state index in [9.17, 15) is 9.90 Å². The molecule has 1 aromatic carbocycles. The number of carboxylic acids is 1. The fraction of sp³-hybridized carbons (Fsp3) is 0.588. The maximum atomic E-state index is 11.3. The molecule has 2 nitrogen and oxygen atoms in total. The minimum absolute atomic E-state index is 0.123. The van der Waals surface area contributed by atoms with Crippen LogP contribution in [0.4, 0.5) is 0 Å². The summed E-state index contributed by atoms with van der Waals surface area (Å²) in [5.74, 6) is -0.302. The molecule has 0 aliphatic heterocycles. The number of rotatable bonds is 4. The van der Waals surface area contributed by atoms with Gasteiger partial charge < -0.3 is 5.11 Å². The highest BCUT2D eigenvalue weighted by atomic mass is 16.4. The Morgan fingerprint density at radius 1 is 1.11 bits per heavy atom. The lowest BCUT2D eigenvalue weighted by Gasteiger charge is -2.23. The van der Waals surface area contributed by atoms with Gasteiger partial charge >= 0.3 is 5.97 Å². The Labute approximate surface area is 115 Å². The van der Waals surface area contributed by atoms with Crippen molar-refractivity contribution < 1.29 is 9.90 Å². The third-order valence-corrected chi connectivity index (χ3v) is 4.30. The van der Waals surface area contributed by atoms with Gasteiger partial charge in [0.05, 0.1) is 5.92 Å². The summed E-state index contributed by atoms with van der Waals surface area (Å²) in [6.45, 7) is 3.93. The zero-order chi connectivity index (χ0) is 13.8. The molecular formula is C17H24O2. The zero-order valence-electron chi connectivity index (χ0n) is 11.9. The number of aliphatic carboxylic acids is 1. The van der Waals surface area contributed by atoms with E-state index in [0.29, 0.717) is 5.92 Å². The maximum Gasteiger partial charge on any atom is 0.311 e. The van der Waals surface area contributed by atoms with Crippen LogP contribution in [0.15, 0.2) is 24.3 Å². The van der Waals surface area contributed by atoms with Gasteiger partial charge in [-0.25, -0.2) is 0 Å². The Morgan fingerprint density at radius 2 is 1.68 bits per heavy atom. The smallest absolute Gasteiger partial charge is 0.311 e. The Bertz CT molecular complexity index is 413. The first-order valence-electron chi connectivity index (χ1n) is 7.42. The van der Waals surface area contributed by atoms with Gasteiger partial charge in [-0.2, -0.15) is 0 Å². The molecule has 0 aromatic heterocycles. The minimum Gasteiger partial charge on any atom is -0.481 e. The second-order valence-electron chi connectivity index (χ2n) is 6.06. The quantitative estimate of drug-likeness (QED) is 0.861. The highest BCUT2D eigenvalue weighted by molar-refractivity contribution is 5.76. The summed E-state index contributed by atoms with van der Waals surface area (Å²) < 4.78 is 0. The van der Waals surface area contributed by atoms with Crippen LogP contribution in [0.3, 0.4) is 0 Å². The fourth-order valence-corrected chi connectivity index (χ4v) is 3.22. The largest absolute Gasteiger partial charge is 0.481 e. The van der Waals surface area contributed by atoms with Gasteiger partial charge in [0.15, 0.2) is 0 Å². The molecule has 0 heterocycles. The molecule has 0 bridgehead atoms. The predicted octanol–water partition coefficient (Wildman–Crippen LogP) is 4.56. The Balaban J connectivity index is 2.14. The Kier molecular flexibility index (Phi) is 4.62.